The SMILES string of the molecule is Cn1c([N+]([O-])=Nc2ccccc2)nc2ncc(-c3ccccc3)cc21. The van der Waals surface area contributed by atoms with Crippen molar-refractivity contribution in [3.63, 3.8) is 0 Å². The number of rotatable bonds is 3. The minimum absolute atomic E-state index is 0.191. The van der Waals surface area contributed by atoms with Crippen molar-refractivity contribution in [2.24, 2.45) is 12.2 Å². The summed E-state index contributed by atoms with van der Waals surface area (Å²) in [7, 11) is 1.78. The lowest BCUT2D eigenvalue weighted by atomic mass is 10.1. The lowest BCUT2D eigenvalue weighted by molar-refractivity contribution is -0.445. The predicted octanol–water partition coefficient (Wildman–Crippen LogP) is 4.56. The molecular weight excluding hydrogens is 314 g/mol. The van der Waals surface area contributed by atoms with Gasteiger partial charge in [0.25, 0.3) is 5.65 Å². The van der Waals surface area contributed by atoms with Crippen molar-refractivity contribution in [2.75, 3.05) is 0 Å². The molecule has 0 amide bonds. The molecule has 25 heavy (non-hydrogen) atoms. The maximum absolute atomic E-state index is 12.4. The molecule has 0 spiro atoms. The number of aryl methyl sites for hydroxylation is 1. The summed E-state index contributed by atoms with van der Waals surface area (Å²) in [6.07, 6.45) is 1.76. The number of nitrogens with zero attached hydrogens (tertiary/aromatic N) is 5. The number of azo groups is 1. The highest BCUT2D eigenvalue weighted by Crippen LogP contribution is 2.25. The summed E-state index contributed by atoms with van der Waals surface area (Å²) in [5.41, 5.74) is 3.90. The van der Waals surface area contributed by atoms with Gasteiger partial charge in [-0.05, 0) is 28.7 Å². The summed E-state index contributed by atoms with van der Waals surface area (Å²) >= 11 is 0. The topological polar surface area (TPSA) is 69.1 Å². The molecule has 0 aliphatic heterocycles. The molecule has 6 heteroatoms. The Bertz CT molecular complexity index is 1060. The van der Waals surface area contributed by atoms with E-state index in [0.29, 0.717) is 16.2 Å². The molecular formula is C19H15N5O. The molecule has 2 heterocycles. The van der Waals surface area contributed by atoms with Gasteiger partial charge in [0, 0.05) is 11.8 Å². The molecule has 0 aliphatic carbocycles. The van der Waals surface area contributed by atoms with Crippen LogP contribution in [0.4, 0.5) is 11.6 Å². The van der Waals surface area contributed by atoms with E-state index in [9.17, 15) is 5.21 Å². The summed E-state index contributed by atoms with van der Waals surface area (Å²) in [6, 6.07) is 21.0. The molecule has 6 nitrogen and oxygen atoms in total. The van der Waals surface area contributed by atoms with Gasteiger partial charge in [0.05, 0.1) is 12.7 Å². The Morgan fingerprint density at radius 2 is 1.64 bits per heavy atom. The quantitative estimate of drug-likeness (QED) is 0.314. The largest absolute Gasteiger partial charge is 0.722 e. The number of pyridine rings is 1. The van der Waals surface area contributed by atoms with Crippen molar-refractivity contribution < 1.29 is 4.86 Å². The first-order valence-corrected chi connectivity index (χ1v) is 7.84. The van der Waals surface area contributed by atoms with Gasteiger partial charge >= 0.3 is 5.95 Å². The molecule has 0 N–H and O–H groups in total. The number of fused-ring (bicyclic) bond motifs is 1. The van der Waals surface area contributed by atoms with Gasteiger partial charge in [0.2, 0.25) is 0 Å². The van der Waals surface area contributed by atoms with Crippen molar-refractivity contribution in [3.8, 4) is 11.1 Å². The average molecular weight is 329 g/mol. The molecule has 0 aliphatic rings. The summed E-state index contributed by atoms with van der Waals surface area (Å²) in [6.45, 7) is 0. The molecule has 0 bridgehead atoms. The van der Waals surface area contributed by atoms with E-state index < -0.39 is 0 Å². The molecule has 122 valence electrons. The van der Waals surface area contributed by atoms with Crippen LogP contribution in [0.5, 0.6) is 0 Å². The van der Waals surface area contributed by atoms with Crippen molar-refractivity contribution in [2.45, 2.75) is 0 Å². The van der Waals surface area contributed by atoms with Crippen LogP contribution in [0.2, 0.25) is 0 Å². The molecule has 4 aromatic rings. The first kappa shape index (κ1) is 15.0. The van der Waals surface area contributed by atoms with E-state index in [-0.39, 0.29) is 5.95 Å². The van der Waals surface area contributed by atoms with Crippen molar-refractivity contribution >= 4 is 22.8 Å². The Hall–Kier alpha value is -3.54. The lowest BCUT2D eigenvalue weighted by Crippen LogP contribution is -1.99. The summed E-state index contributed by atoms with van der Waals surface area (Å²) in [5.74, 6) is 0.191. The molecule has 0 saturated heterocycles. The highest BCUT2D eigenvalue weighted by molar-refractivity contribution is 5.79. The van der Waals surface area contributed by atoms with Gasteiger partial charge < -0.3 is 5.21 Å². The average Bonchev–Trinajstić information content (AvgIpc) is 3.00. The van der Waals surface area contributed by atoms with Crippen molar-refractivity contribution in [3.05, 3.63) is 78.1 Å². The predicted molar refractivity (Wildman–Crippen MR) is 95.8 cm³/mol. The standard InChI is InChI=1S/C19H15N5O/c1-23-17-12-15(14-8-4-2-5-9-14)13-20-18(17)21-19(23)24(25)22-16-10-6-3-7-11-16/h2-13H,1H3. The highest BCUT2D eigenvalue weighted by atomic mass is 16.5. The normalized spacial score (nSPS) is 11.8. The van der Waals surface area contributed by atoms with Crippen LogP contribution in [0, 0.1) is 5.21 Å². The van der Waals surface area contributed by atoms with Gasteiger partial charge in [-0.2, -0.15) is 0 Å². The lowest BCUT2D eigenvalue weighted by Gasteiger charge is -2.04. The third kappa shape index (κ3) is 2.85. The fourth-order valence-corrected chi connectivity index (χ4v) is 2.66. The van der Waals surface area contributed by atoms with Gasteiger partial charge in [-0.25, -0.2) is 9.55 Å². The maximum atomic E-state index is 12.4. The highest BCUT2D eigenvalue weighted by Gasteiger charge is 2.19. The van der Waals surface area contributed by atoms with Crippen molar-refractivity contribution in [1.29, 1.82) is 0 Å². The van der Waals surface area contributed by atoms with E-state index in [1.807, 2.05) is 54.6 Å². The molecule has 4 rings (SSSR count). The Morgan fingerprint density at radius 1 is 0.960 bits per heavy atom. The van der Waals surface area contributed by atoms with Crippen LogP contribution in [-0.2, 0) is 7.05 Å². The molecule has 0 atom stereocenters. The van der Waals surface area contributed by atoms with E-state index in [4.69, 9.17) is 0 Å². The Balaban J connectivity index is 1.79. The Morgan fingerprint density at radius 3 is 2.36 bits per heavy atom. The first-order chi connectivity index (χ1) is 12.2. The van der Waals surface area contributed by atoms with Crippen LogP contribution in [0.15, 0.2) is 78.0 Å². The van der Waals surface area contributed by atoms with E-state index in [2.05, 4.69) is 15.1 Å². The van der Waals surface area contributed by atoms with Gasteiger partial charge in [-0.3, -0.25) is 0 Å². The smallest absolute Gasteiger partial charge is 0.421 e. The second kappa shape index (κ2) is 6.16. The summed E-state index contributed by atoms with van der Waals surface area (Å²) in [4.78, 5) is 9.23. The first-order valence-electron chi connectivity index (χ1n) is 7.84. The zero-order chi connectivity index (χ0) is 17.2. The second-order valence-corrected chi connectivity index (χ2v) is 5.61. The zero-order valence-electron chi connectivity index (χ0n) is 13.6. The van der Waals surface area contributed by atoms with Gasteiger partial charge in [0.1, 0.15) is 0 Å². The van der Waals surface area contributed by atoms with E-state index in [1.54, 1.807) is 29.9 Å². The molecule has 0 fully saturated rings. The summed E-state index contributed by atoms with van der Waals surface area (Å²) in [5, 5.41) is 16.4. The third-order valence-electron chi connectivity index (χ3n) is 3.96. The van der Waals surface area contributed by atoms with Crippen LogP contribution in [0.1, 0.15) is 0 Å². The molecule has 2 aromatic carbocycles. The zero-order valence-corrected chi connectivity index (χ0v) is 13.6. The second-order valence-electron chi connectivity index (χ2n) is 5.61. The Kier molecular flexibility index (Phi) is 3.70. The number of benzene rings is 2. The molecule has 2 aromatic heterocycles. The molecule has 0 saturated carbocycles. The van der Waals surface area contributed by atoms with Crippen LogP contribution >= 0.6 is 0 Å². The minimum Gasteiger partial charge on any atom is -0.722 e. The van der Waals surface area contributed by atoms with Crippen LogP contribution < -0.4 is 0 Å². The van der Waals surface area contributed by atoms with Crippen LogP contribution in [0.25, 0.3) is 22.3 Å². The number of aromatic nitrogens is 3. The van der Waals surface area contributed by atoms with Gasteiger partial charge in [0.15, 0.2) is 5.52 Å². The van der Waals surface area contributed by atoms with E-state index in [0.717, 1.165) is 16.6 Å². The van der Waals surface area contributed by atoms with E-state index >= 15 is 0 Å². The third-order valence-corrected chi connectivity index (χ3v) is 3.96. The van der Waals surface area contributed by atoms with Gasteiger partial charge in [-0.15, -0.1) is 9.97 Å². The number of hydrogen-bond acceptors (Lipinski definition) is 4. The van der Waals surface area contributed by atoms with E-state index in [1.165, 1.54) is 0 Å². The maximum Gasteiger partial charge on any atom is 0.421 e. The molecule has 0 unspecified atom stereocenters. The minimum atomic E-state index is 0.191. The summed E-state index contributed by atoms with van der Waals surface area (Å²) < 4.78 is 1.70. The van der Waals surface area contributed by atoms with Crippen molar-refractivity contribution in [1.82, 2.24) is 14.5 Å². The molecule has 0 radical (unpaired) electrons. The Labute approximate surface area is 144 Å². The fraction of sp³-hybridized carbons (Fsp3) is 0.0526. The fourth-order valence-electron chi connectivity index (χ4n) is 2.66. The number of imidazole rings is 1. The van der Waals surface area contributed by atoms with Gasteiger partial charge in [-0.1, -0.05) is 48.5 Å². The monoisotopic (exact) mass is 329 g/mol. The van der Waals surface area contributed by atoms with Crippen LogP contribution in [-0.4, -0.2) is 19.4 Å². The number of hydrogen-bond donors (Lipinski definition) is 0. The van der Waals surface area contributed by atoms with Crippen LogP contribution in [0.3, 0.4) is 0 Å².